The lowest BCUT2D eigenvalue weighted by molar-refractivity contribution is 0.0861. The minimum Gasteiger partial charge on any atom is -0.396 e. The van der Waals surface area contributed by atoms with Gasteiger partial charge in [-0.1, -0.05) is 12.1 Å². The highest BCUT2D eigenvalue weighted by atomic mass is 16.3. The highest BCUT2D eigenvalue weighted by Crippen LogP contribution is 2.48. The maximum absolute atomic E-state index is 12.6. The molecule has 2 N–H and O–H groups in total. The zero-order chi connectivity index (χ0) is 17.4. The molecule has 2 aliphatic rings. The Morgan fingerprint density at radius 2 is 2.04 bits per heavy atom. The molecule has 2 bridgehead atoms. The number of hydrogen-bond donors (Lipinski definition) is 2. The fourth-order valence-electron chi connectivity index (χ4n) is 4.61. The molecule has 4 atom stereocenters. The number of hydrogen-bond acceptors (Lipinski definition) is 4. The van der Waals surface area contributed by atoms with Crippen LogP contribution >= 0.6 is 0 Å². The van der Waals surface area contributed by atoms with Gasteiger partial charge >= 0.3 is 0 Å². The van der Waals surface area contributed by atoms with Crippen LogP contribution < -0.4 is 5.32 Å². The molecule has 0 spiro atoms. The van der Waals surface area contributed by atoms with E-state index in [1.807, 2.05) is 35.8 Å². The third kappa shape index (κ3) is 2.84. The van der Waals surface area contributed by atoms with E-state index in [0.29, 0.717) is 17.4 Å². The van der Waals surface area contributed by atoms with Crippen LogP contribution in [0.4, 0.5) is 0 Å². The van der Waals surface area contributed by atoms with Crippen molar-refractivity contribution in [2.24, 2.45) is 17.8 Å². The molecule has 0 saturated heterocycles. The number of carbonyl (C=O) groups excluding carboxylic acids is 1. The van der Waals surface area contributed by atoms with Gasteiger partial charge in [-0.25, -0.2) is 0 Å². The summed E-state index contributed by atoms with van der Waals surface area (Å²) in [5.41, 5.74) is 1.59. The monoisotopic (exact) mass is 340 g/mol. The molecule has 4 rings (SSSR count). The second-order valence-electron chi connectivity index (χ2n) is 7.20. The SMILES string of the molecule is CCn1cnnc1-c1ccc(C(=O)NC2C3CCC(C3)C2CO)cc1. The van der Waals surface area contributed by atoms with Gasteiger partial charge in [-0.05, 0) is 50.2 Å². The number of rotatable bonds is 5. The van der Waals surface area contributed by atoms with Crippen LogP contribution in [-0.4, -0.2) is 38.4 Å². The summed E-state index contributed by atoms with van der Waals surface area (Å²) in [5, 5.41) is 20.9. The van der Waals surface area contributed by atoms with E-state index in [9.17, 15) is 9.90 Å². The van der Waals surface area contributed by atoms with Crippen molar-refractivity contribution in [2.45, 2.75) is 38.8 Å². The van der Waals surface area contributed by atoms with Gasteiger partial charge in [-0.2, -0.15) is 0 Å². The summed E-state index contributed by atoms with van der Waals surface area (Å²) in [6.45, 7) is 3.01. The molecule has 2 aromatic rings. The average molecular weight is 340 g/mol. The highest BCUT2D eigenvalue weighted by Gasteiger charge is 2.47. The lowest BCUT2D eigenvalue weighted by Crippen LogP contribution is -2.45. The van der Waals surface area contributed by atoms with Crippen molar-refractivity contribution < 1.29 is 9.90 Å². The smallest absolute Gasteiger partial charge is 0.251 e. The zero-order valence-electron chi connectivity index (χ0n) is 14.4. The van der Waals surface area contributed by atoms with Gasteiger partial charge in [-0.3, -0.25) is 4.79 Å². The second-order valence-corrected chi connectivity index (χ2v) is 7.20. The number of aryl methyl sites for hydroxylation is 1. The molecular weight excluding hydrogens is 316 g/mol. The molecule has 132 valence electrons. The molecule has 1 heterocycles. The quantitative estimate of drug-likeness (QED) is 0.873. The van der Waals surface area contributed by atoms with Gasteiger partial charge in [0, 0.05) is 36.2 Å². The van der Waals surface area contributed by atoms with E-state index in [0.717, 1.165) is 30.8 Å². The van der Waals surface area contributed by atoms with Crippen LogP contribution in [0.3, 0.4) is 0 Å². The van der Waals surface area contributed by atoms with Crippen molar-refractivity contribution in [3.8, 4) is 11.4 Å². The lowest BCUT2D eigenvalue weighted by Gasteiger charge is -2.30. The molecule has 1 amide bonds. The summed E-state index contributed by atoms with van der Waals surface area (Å²) < 4.78 is 1.97. The van der Waals surface area contributed by atoms with Crippen molar-refractivity contribution in [3.63, 3.8) is 0 Å². The van der Waals surface area contributed by atoms with E-state index in [-0.39, 0.29) is 24.5 Å². The fraction of sp³-hybridized carbons (Fsp3) is 0.526. The first-order valence-electron chi connectivity index (χ1n) is 9.11. The normalized spacial score (nSPS) is 27.6. The van der Waals surface area contributed by atoms with Crippen molar-refractivity contribution in [1.29, 1.82) is 0 Å². The first kappa shape index (κ1) is 16.3. The first-order chi connectivity index (χ1) is 12.2. The summed E-state index contributed by atoms with van der Waals surface area (Å²) in [6, 6.07) is 7.60. The molecule has 0 aliphatic heterocycles. The van der Waals surface area contributed by atoms with Crippen LogP contribution in [0.2, 0.25) is 0 Å². The fourth-order valence-corrected chi connectivity index (χ4v) is 4.61. The van der Waals surface area contributed by atoms with Crippen LogP contribution in [0.25, 0.3) is 11.4 Å². The Morgan fingerprint density at radius 1 is 1.28 bits per heavy atom. The molecule has 2 saturated carbocycles. The Balaban J connectivity index is 1.48. The Morgan fingerprint density at radius 3 is 2.76 bits per heavy atom. The molecule has 4 unspecified atom stereocenters. The van der Waals surface area contributed by atoms with Gasteiger partial charge in [0.1, 0.15) is 6.33 Å². The number of carbonyl (C=O) groups is 1. The summed E-state index contributed by atoms with van der Waals surface area (Å²) in [6.07, 6.45) is 5.20. The summed E-state index contributed by atoms with van der Waals surface area (Å²) in [5.74, 6) is 2.06. The molecule has 25 heavy (non-hydrogen) atoms. The predicted molar refractivity (Wildman–Crippen MR) is 93.8 cm³/mol. The van der Waals surface area contributed by atoms with Crippen LogP contribution in [0.15, 0.2) is 30.6 Å². The molecule has 1 aromatic heterocycles. The van der Waals surface area contributed by atoms with Crippen LogP contribution in [0, 0.1) is 17.8 Å². The molecule has 0 radical (unpaired) electrons. The van der Waals surface area contributed by atoms with E-state index in [4.69, 9.17) is 0 Å². The predicted octanol–water partition coefficient (Wildman–Crippen LogP) is 2.10. The van der Waals surface area contributed by atoms with Crippen LogP contribution in [0.5, 0.6) is 0 Å². The third-order valence-corrected chi connectivity index (χ3v) is 5.96. The Hall–Kier alpha value is -2.21. The maximum atomic E-state index is 12.6. The molecule has 1 aromatic carbocycles. The van der Waals surface area contributed by atoms with Gasteiger partial charge in [0.15, 0.2) is 5.82 Å². The molecule has 2 fully saturated rings. The van der Waals surface area contributed by atoms with Crippen molar-refractivity contribution in [3.05, 3.63) is 36.2 Å². The topological polar surface area (TPSA) is 80.0 Å². The van der Waals surface area contributed by atoms with E-state index in [2.05, 4.69) is 15.5 Å². The minimum atomic E-state index is -0.0560. The molecule has 6 nitrogen and oxygen atoms in total. The number of nitrogens with zero attached hydrogens (tertiary/aromatic N) is 3. The minimum absolute atomic E-state index is 0.0560. The van der Waals surface area contributed by atoms with E-state index < -0.39 is 0 Å². The standard InChI is InChI=1S/C19H24N4O2/c1-2-23-11-20-22-18(23)12-3-5-13(6-4-12)19(25)21-17-15-8-7-14(9-15)16(17)10-24/h3-6,11,14-17,24H,2,7-10H2,1H3,(H,21,25). The van der Waals surface area contributed by atoms with Crippen LogP contribution in [0.1, 0.15) is 36.5 Å². The Kier molecular flexibility index (Phi) is 4.29. The van der Waals surface area contributed by atoms with Crippen LogP contribution in [-0.2, 0) is 6.54 Å². The molecular formula is C19H24N4O2. The van der Waals surface area contributed by atoms with E-state index in [1.165, 1.54) is 6.42 Å². The third-order valence-electron chi connectivity index (χ3n) is 5.96. The summed E-state index contributed by atoms with van der Waals surface area (Å²) >= 11 is 0. The number of nitrogens with one attached hydrogen (secondary N) is 1. The van der Waals surface area contributed by atoms with Gasteiger partial charge < -0.3 is 15.0 Å². The first-order valence-corrected chi connectivity index (χ1v) is 9.11. The number of amides is 1. The highest BCUT2D eigenvalue weighted by molar-refractivity contribution is 5.94. The lowest BCUT2D eigenvalue weighted by atomic mass is 9.85. The van der Waals surface area contributed by atoms with Crippen molar-refractivity contribution >= 4 is 5.91 Å². The number of benzene rings is 1. The summed E-state index contributed by atoms with van der Waals surface area (Å²) in [4.78, 5) is 12.6. The maximum Gasteiger partial charge on any atom is 0.251 e. The number of aromatic nitrogens is 3. The van der Waals surface area contributed by atoms with E-state index >= 15 is 0 Å². The number of aliphatic hydroxyl groups excluding tert-OH is 1. The van der Waals surface area contributed by atoms with Gasteiger partial charge in [-0.15, -0.1) is 10.2 Å². The Labute approximate surface area is 147 Å². The van der Waals surface area contributed by atoms with Gasteiger partial charge in [0.25, 0.3) is 5.91 Å². The Bertz CT molecular complexity index is 755. The van der Waals surface area contributed by atoms with Crippen molar-refractivity contribution in [2.75, 3.05) is 6.61 Å². The number of aliphatic hydroxyl groups is 1. The van der Waals surface area contributed by atoms with E-state index in [1.54, 1.807) is 6.33 Å². The average Bonchev–Trinajstić information content (AvgIpc) is 3.37. The zero-order valence-corrected chi connectivity index (χ0v) is 14.4. The van der Waals surface area contributed by atoms with Gasteiger partial charge in [0.2, 0.25) is 0 Å². The van der Waals surface area contributed by atoms with Crippen molar-refractivity contribution in [1.82, 2.24) is 20.1 Å². The molecule has 6 heteroatoms. The number of fused-ring (bicyclic) bond motifs is 2. The van der Waals surface area contributed by atoms with Gasteiger partial charge in [0.05, 0.1) is 0 Å². The molecule has 2 aliphatic carbocycles. The second kappa shape index (κ2) is 6.59. The summed E-state index contributed by atoms with van der Waals surface area (Å²) in [7, 11) is 0. The largest absolute Gasteiger partial charge is 0.396 e.